The highest BCUT2D eigenvalue weighted by atomic mass is 16.3. The highest BCUT2D eigenvalue weighted by molar-refractivity contribution is 5.85. The van der Waals surface area contributed by atoms with E-state index in [0.717, 1.165) is 17.5 Å². The van der Waals surface area contributed by atoms with Crippen molar-refractivity contribution in [1.29, 1.82) is 0 Å². The molecule has 0 amide bonds. The van der Waals surface area contributed by atoms with E-state index in [4.69, 9.17) is 0 Å². The van der Waals surface area contributed by atoms with Gasteiger partial charge in [0.2, 0.25) is 0 Å². The van der Waals surface area contributed by atoms with Crippen LogP contribution in [0.4, 0.5) is 0 Å². The Morgan fingerprint density at radius 1 is 1.22 bits per heavy atom. The number of aromatic hydroxyl groups is 1. The molecular formula is C14H10N2O2. The normalized spacial score (nSPS) is 10.7. The quantitative estimate of drug-likeness (QED) is 0.698. The molecule has 0 spiro atoms. The Labute approximate surface area is 103 Å². The molecule has 0 aliphatic carbocycles. The molecule has 0 fully saturated rings. The van der Waals surface area contributed by atoms with Gasteiger partial charge in [-0.1, -0.05) is 12.1 Å². The first-order valence-corrected chi connectivity index (χ1v) is 5.50. The predicted octanol–water partition coefficient (Wildman–Crippen LogP) is 2.52. The number of aldehydes is 1. The molecule has 1 aromatic carbocycles. The Kier molecular flexibility index (Phi) is 2.34. The van der Waals surface area contributed by atoms with E-state index in [-0.39, 0.29) is 5.75 Å². The van der Waals surface area contributed by atoms with Crippen molar-refractivity contribution in [1.82, 2.24) is 9.38 Å². The number of carbonyl (C=O) groups is 1. The van der Waals surface area contributed by atoms with E-state index >= 15 is 0 Å². The van der Waals surface area contributed by atoms with Crippen molar-refractivity contribution in [3.63, 3.8) is 0 Å². The van der Waals surface area contributed by atoms with Crippen LogP contribution in [0.25, 0.3) is 16.9 Å². The fraction of sp³-hybridized carbons (Fsp3) is 0. The molecular weight excluding hydrogens is 228 g/mol. The topological polar surface area (TPSA) is 54.6 Å². The molecule has 3 aromatic rings. The lowest BCUT2D eigenvalue weighted by molar-refractivity contribution is 0.112. The van der Waals surface area contributed by atoms with Crippen LogP contribution in [0.1, 0.15) is 10.4 Å². The van der Waals surface area contributed by atoms with Crippen molar-refractivity contribution in [2.75, 3.05) is 0 Å². The van der Waals surface area contributed by atoms with Crippen LogP contribution in [0.2, 0.25) is 0 Å². The third-order valence-electron chi connectivity index (χ3n) is 2.78. The van der Waals surface area contributed by atoms with E-state index in [9.17, 15) is 9.90 Å². The smallest absolute Gasteiger partial charge is 0.153 e. The highest BCUT2D eigenvalue weighted by Crippen LogP contribution is 2.23. The first-order chi connectivity index (χ1) is 8.78. The Morgan fingerprint density at radius 3 is 2.89 bits per heavy atom. The maximum absolute atomic E-state index is 10.9. The SMILES string of the molecule is O=Cc1cccn2cc(-c3cccc(O)c3)nc12. The Bertz CT molecular complexity index is 731. The Hall–Kier alpha value is -2.62. The summed E-state index contributed by atoms with van der Waals surface area (Å²) in [6, 6.07) is 10.4. The van der Waals surface area contributed by atoms with E-state index in [0.29, 0.717) is 11.2 Å². The molecule has 2 heterocycles. The highest BCUT2D eigenvalue weighted by Gasteiger charge is 2.07. The summed E-state index contributed by atoms with van der Waals surface area (Å²) in [7, 11) is 0. The first-order valence-electron chi connectivity index (χ1n) is 5.50. The van der Waals surface area contributed by atoms with E-state index in [1.165, 1.54) is 0 Å². The van der Waals surface area contributed by atoms with Crippen LogP contribution in [0.5, 0.6) is 5.75 Å². The van der Waals surface area contributed by atoms with Crippen LogP contribution in [0.3, 0.4) is 0 Å². The number of aromatic nitrogens is 2. The first kappa shape index (κ1) is 10.5. The summed E-state index contributed by atoms with van der Waals surface area (Å²) in [6.45, 7) is 0. The fourth-order valence-corrected chi connectivity index (χ4v) is 1.93. The monoisotopic (exact) mass is 238 g/mol. The molecule has 0 atom stereocenters. The minimum Gasteiger partial charge on any atom is -0.508 e. The van der Waals surface area contributed by atoms with Gasteiger partial charge in [0.1, 0.15) is 11.4 Å². The summed E-state index contributed by atoms with van der Waals surface area (Å²) in [6.07, 6.45) is 4.45. The molecule has 4 heteroatoms. The number of fused-ring (bicyclic) bond motifs is 1. The van der Waals surface area contributed by atoms with Gasteiger partial charge in [0.25, 0.3) is 0 Å². The average molecular weight is 238 g/mol. The second kappa shape index (κ2) is 4.00. The van der Waals surface area contributed by atoms with Crippen LogP contribution in [-0.2, 0) is 0 Å². The summed E-state index contributed by atoms with van der Waals surface area (Å²) in [5.41, 5.74) is 2.70. The van der Waals surface area contributed by atoms with Crippen molar-refractivity contribution in [3.05, 3.63) is 54.4 Å². The molecule has 3 rings (SSSR count). The van der Waals surface area contributed by atoms with Crippen LogP contribution in [0.15, 0.2) is 48.8 Å². The largest absolute Gasteiger partial charge is 0.508 e. The number of pyridine rings is 1. The lowest BCUT2D eigenvalue weighted by Gasteiger charge is -1.96. The van der Waals surface area contributed by atoms with Crippen LogP contribution >= 0.6 is 0 Å². The molecule has 88 valence electrons. The van der Waals surface area contributed by atoms with Gasteiger partial charge in [-0.15, -0.1) is 0 Å². The molecule has 0 bridgehead atoms. The number of phenols is 1. The Morgan fingerprint density at radius 2 is 2.11 bits per heavy atom. The van der Waals surface area contributed by atoms with Gasteiger partial charge < -0.3 is 9.51 Å². The number of rotatable bonds is 2. The van der Waals surface area contributed by atoms with E-state index in [1.54, 1.807) is 34.7 Å². The average Bonchev–Trinajstić information content (AvgIpc) is 2.82. The number of phenolic OH excluding ortho intramolecular Hbond substituents is 1. The van der Waals surface area contributed by atoms with Crippen molar-refractivity contribution in [2.45, 2.75) is 0 Å². The van der Waals surface area contributed by atoms with Gasteiger partial charge in [0.05, 0.1) is 11.3 Å². The van der Waals surface area contributed by atoms with Gasteiger partial charge in [0, 0.05) is 18.0 Å². The summed E-state index contributed by atoms with van der Waals surface area (Å²) < 4.78 is 1.79. The number of hydrogen-bond acceptors (Lipinski definition) is 3. The van der Waals surface area contributed by atoms with Gasteiger partial charge in [-0.25, -0.2) is 4.98 Å². The number of benzene rings is 1. The van der Waals surface area contributed by atoms with Gasteiger partial charge in [-0.05, 0) is 24.3 Å². The van der Waals surface area contributed by atoms with Gasteiger partial charge >= 0.3 is 0 Å². The zero-order valence-electron chi connectivity index (χ0n) is 9.45. The summed E-state index contributed by atoms with van der Waals surface area (Å²) in [5.74, 6) is 0.195. The molecule has 0 aliphatic rings. The van der Waals surface area contributed by atoms with Gasteiger partial charge in [-0.2, -0.15) is 0 Å². The van der Waals surface area contributed by atoms with Crippen molar-refractivity contribution in [3.8, 4) is 17.0 Å². The molecule has 0 aliphatic heterocycles. The van der Waals surface area contributed by atoms with Crippen molar-refractivity contribution in [2.24, 2.45) is 0 Å². The zero-order valence-corrected chi connectivity index (χ0v) is 9.45. The molecule has 4 nitrogen and oxygen atoms in total. The molecule has 0 saturated carbocycles. The molecule has 0 unspecified atom stereocenters. The number of hydrogen-bond donors (Lipinski definition) is 1. The summed E-state index contributed by atoms with van der Waals surface area (Å²) >= 11 is 0. The van der Waals surface area contributed by atoms with Crippen molar-refractivity contribution < 1.29 is 9.90 Å². The second-order valence-corrected chi connectivity index (χ2v) is 3.99. The van der Waals surface area contributed by atoms with Gasteiger partial charge in [-0.3, -0.25) is 4.79 Å². The number of nitrogens with zero attached hydrogens (tertiary/aromatic N) is 2. The minimum atomic E-state index is 0.195. The van der Waals surface area contributed by atoms with Crippen LogP contribution in [0, 0.1) is 0 Å². The lowest BCUT2D eigenvalue weighted by atomic mass is 10.1. The maximum Gasteiger partial charge on any atom is 0.153 e. The van der Waals surface area contributed by atoms with Crippen LogP contribution < -0.4 is 0 Å². The molecule has 2 aromatic heterocycles. The number of imidazole rings is 1. The van der Waals surface area contributed by atoms with E-state index in [2.05, 4.69) is 4.98 Å². The van der Waals surface area contributed by atoms with Crippen molar-refractivity contribution >= 4 is 11.9 Å². The van der Waals surface area contributed by atoms with E-state index < -0.39 is 0 Å². The zero-order chi connectivity index (χ0) is 12.5. The minimum absolute atomic E-state index is 0.195. The number of carbonyl (C=O) groups excluding carboxylic acids is 1. The van der Waals surface area contributed by atoms with E-state index in [1.807, 2.05) is 18.5 Å². The van der Waals surface area contributed by atoms with Crippen LogP contribution in [-0.4, -0.2) is 20.8 Å². The molecule has 0 radical (unpaired) electrons. The molecule has 1 N–H and O–H groups in total. The predicted molar refractivity (Wildman–Crippen MR) is 67.7 cm³/mol. The Balaban J connectivity index is 2.22. The lowest BCUT2D eigenvalue weighted by Crippen LogP contribution is -1.88. The summed E-state index contributed by atoms with van der Waals surface area (Å²) in [4.78, 5) is 15.3. The standard InChI is InChI=1S/C14H10N2O2/c17-9-11-4-2-6-16-8-13(15-14(11)16)10-3-1-5-12(18)7-10/h1-9,18H. The third-order valence-corrected chi connectivity index (χ3v) is 2.78. The fourth-order valence-electron chi connectivity index (χ4n) is 1.93. The maximum atomic E-state index is 10.9. The molecule has 0 saturated heterocycles. The molecule has 18 heavy (non-hydrogen) atoms. The summed E-state index contributed by atoms with van der Waals surface area (Å²) in [5, 5.41) is 9.46. The second-order valence-electron chi connectivity index (χ2n) is 3.99. The van der Waals surface area contributed by atoms with Gasteiger partial charge in [0.15, 0.2) is 6.29 Å². The third kappa shape index (κ3) is 1.64.